The SMILES string of the molecule is CCCNC(=O)[C@@H](Cc1ccccc1)N(Cc1ccc(Cl)cc1)C(=O)CN(c1cc(C)cc(C)c1)S(=O)(=O)c1ccc(C)cc1. The van der Waals surface area contributed by atoms with E-state index in [0.717, 1.165) is 38.5 Å². The number of anilines is 1. The minimum absolute atomic E-state index is 0.0748. The monoisotopic (exact) mass is 645 g/mol. The molecule has 236 valence electrons. The number of carbonyl (C=O) groups excluding carboxylic acids is 2. The number of nitrogens with one attached hydrogen (secondary N) is 1. The third-order valence-corrected chi connectivity index (χ3v) is 9.51. The average Bonchev–Trinajstić information content (AvgIpc) is 3.01. The Balaban J connectivity index is 1.81. The molecule has 2 amide bonds. The van der Waals surface area contributed by atoms with Crippen molar-refractivity contribution in [1.29, 1.82) is 0 Å². The van der Waals surface area contributed by atoms with Gasteiger partial charge in [-0.15, -0.1) is 0 Å². The number of benzene rings is 4. The maximum Gasteiger partial charge on any atom is 0.264 e. The zero-order valence-corrected chi connectivity index (χ0v) is 27.7. The van der Waals surface area contributed by atoms with Gasteiger partial charge in [-0.05, 0) is 85.8 Å². The zero-order chi connectivity index (χ0) is 32.6. The van der Waals surface area contributed by atoms with E-state index in [4.69, 9.17) is 11.6 Å². The minimum atomic E-state index is -4.16. The zero-order valence-electron chi connectivity index (χ0n) is 26.2. The summed E-state index contributed by atoms with van der Waals surface area (Å²) in [6.07, 6.45) is 0.980. The van der Waals surface area contributed by atoms with E-state index in [2.05, 4.69) is 5.32 Å². The van der Waals surface area contributed by atoms with Crippen LogP contribution in [0.5, 0.6) is 0 Å². The van der Waals surface area contributed by atoms with E-state index < -0.39 is 28.5 Å². The smallest absolute Gasteiger partial charge is 0.264 e. The van der Waals surface area contributed by atoms with Crippen LogP contribution in [0.3, 0.4) is 0 Å². The highest BCUT2D eigenvalue weighted by Gasteiger charge is 2.34. The van der Waals surface area contributed by atoms with Crippen molar-refractivity contribution in [3.8, 4) is 0 Å². The van der Waals surface area contributed by atoms with E-state index in [1.54, 1.807) is 60.7 Å². The molecule has 9 heteroatoms. The van der Waals surface area contributed by atoms with Gasteiger partial charge in [-0.25, -0.2) is 8.42 Å². The molecule has 1 atom stereocenters. The van der Waals surface area contributed by atoms with Gasteiger partial charge in [0, 0.05) is 24.5 Å². The molecule has 0 bridgehead atoms. The first-order valence-electron chi connectivity index (χ1n) is 15.0. The van der Waals surface area contributed by atoms with Crippen molar-refractivity contribution in [2.45, 2.75) is 58.0 Å². The molecule has 0 fully saturated rings. The molecule has 0 spiro atoms. The number of nitrogens with zero attached hydrogens (tertiary/aromatic N) is 2. The standard InChI is InChI=1S/C36H40ClN3O4S/c1-5-19-38-36(42)34(23-29-9-7-6-8-10-29)39(24-30-13-15-31(37)16-14-30)35(41)25-40(32-21-27(3)20-28(4)22-32)45(43,44)33-17-11-26(2)12-18-33/h6-18,20-22,34H,5,19,23-25H2,1-4H3,(H,38,42)/t34-/m1/s1. The van der Waals surface area contributed by atoms with Gasteiger partial charge in [0.25, 0.3) is 10.0 Å². The molecule has 0 aliphatic heterocycles. The van der Waals surface area contributed by atoms with Gasteiger partial charge in [0.1, 0.15) is 12.6 Å². The molecule has 0 heterocycles. The normalized spacial score (nSPS) is 11.9. The van der Waals surface area contributed by atoms with Crippen LogP contribution < -0.4 is 9.62 Å². The topological polar surface area (TPSA) is 86.8 Å². The van der Waals surface area contributed by atoms with Crippen LogP contribution in [0.4, 0.5) is 5.69 Å². The van der Waals surface area contributed by atoms with Crippen molar-refractivity contribution in [3.05, 3.63) is 130 Å². The molecule has 0 aliphatic carbocycles. The molecule has 4 rings (SSSR count). The van der Waals surface area contributed by atoms with E-state index >= 15 is 0 Å². The van der Waals surface area contributed by atoms with E-state index in [0.29, 0.717) is 17.3 Å². The van der Waals surface area contributed by atoms with Crippen molar-refractivity contribution in [3.63, 3.8) is 0 Å². The Bertz CT molecular complexity index is 1690. The number of carbonyl (C=O) groups is 2. The van der Waals surface area contributed by atoms with Crippen LogP contribution >= 0.6 is 11.6 Å². The summed E-state index contributed by atoms with van der Waals surface area (Å²) in [5, 5.41) is 3.50. The lowest BCUT2D eigenvalue weighted by atomic mass is 10.0. The number of hydrogen-bond acceptors (Lipinski definition) is 4. The Labute approximate surface area is 271 Å². The van der Waals surface area contributed by atoms with Gasteiger partial charge in [0.05, 0.1) is 10.6 Å². The van der Waals surface area contributed by atoms with Crippen LogP contribution in [0.25, 0.3) is 0 Å². The summed E-state index contributed by atoms with van der Waals surface area (Å²) in [6.45, 7) is 7.64. The van der Waals surface area contributed by atoms with Gasteiger partial charge in [0.2, 0.25) is 11.8 Å². The predicted octanol–water partition coefficient (Wildman–Crippen LogP) is 6.63. The molecule has 4 aromatic rings. The first-order valence-corrected chi connectivity index (χ1v) is 16.8. The molecular formula is C36H40ClN3O4S. The number of sulfonamides is 1. The molecule has 1 N–H and O–H groups in total. The molecule has 45 heavy (non-hydrogen) atoms. The highest BCUT2D eigenvalue weighted by Crippen LogP contribution is 2.27. The predicted molar refractivity (Wildman–Crippen MR) is 181 cm³/mol. The minimum Gasteiger partial charge on any atom is -0.354 e. The summed E-state index contributed by atoms with van der Waals surface area (Å²) in [6, 6.07) is 27.7. The fourth-order valence-electron chi connectivity index (χ4n) is 5.17. The first-order chi connectivity index (χ1) is 21.5. The first kappa shape index (κ1) is 33.7. The van der Waals surface area contributed by atoms with Crippen LogP contribution in [0, 0.1) is 20.8 Å². The number of amides is 2. The highest BCUT2D eigenvalue weighted by molar-refractivity contribution is 7.92. The third-order valence-electron chi connectivity index (χ3n) is 7.47. The van der Waals surface area contributed by atoms with Crippen LogP contribution in [-0.2, 0) is 32.6 Å². The molecule has 0 unspecified atom stereocenters. The van der Waals surface area contributed by atoms with E-state index in [9.17, 15) is 18.0 Å². The van der Waals surface area contributed by atoms with Crippen molar-refractivity contribution in [2.24, 2.45) is 0 Å². The van der Waals surface area contributed by atoms with Crippen LogP contribution in [0.15, 0.2) is 102 Å². The Kier molecular flexibility index (Phi) is 11.4. The quantitative estimate of drug-likeness (QED) is 0.177. The molecule has 0 radical (unpaired) electrons. The van der Waals surface area contributed by atoms with Gasteiger partial charge in [-0.3, -0.25) is 13.9 Å². The molecule has 0 saturated heterocycles. The fourth-order valence-corrected chi connectivity index (χ4v) is 6.69. The molecule has 7 nitrogen and oxygen atoms in total. The molecule has 4 aromatic carbocycles. The van der Waals surface area contributed by atoms with E-state index in [-0.39, 0.29) is 23.8 Å². The molecule has 0 saturated carbocycles. The van der Waals surface area contributed by atoms with Crippen LogP contribution in [0.2, 0.25) is 5.02 Å². The lowest BCUT2D eigenvalue weighted by Gasteiger charge is -2.34. The number of aryl methyl sites for hydroxylation is 3. The molecular weight excluding hydrogens is 606 g/mol. The van der Waals surface area contributed by atoms with Crippen molar-refractivity contribution in [2.75, 3.05) is 17.4 Å². The summed E-state index contributed by atoms with van der Waals surface area (Å²) in [4.78, 5) is 29.8. The summed E-state index contributed by atoms with van der Waals surface area (Å²) in [5.41, 5.74) is 4.65. The second-order valence-corrected chi connectivity index (χ2v) is 13.6. The Morgan fingerprint density at radius 3 is 2.02 bits per heavy atom. The summed E-state index contributed by atoms with van der Waals surface area (Å²) < 4.78 is 29.6. The van der Waals surface area contributed by atoms with Gasteiger partial charge in [-0.2, -0.15) is 0 Å². The third kappa shape index (κ3) is 8.96. The maximum atomic E-state index is 14.5. The largest absolute Gasteiger partial charge is 0.354 e. The van der Waals surface area contributed by atoms with Gasteiger partial charge in [-0.1, -0.05) is 84.8 Å². The lowest BCUT2D eigenvalue weighted by molar-refractivity contribution is -0.140. The summed E-state index contributed by atoms with van der Waals surface area (Å²) in [5.74, 6) is -0.810. The number of halogens is 1. The second kappa shape index (κ2) is 15.2. The number of rotatable bonds is 13. The van der Waals surface area contributed by atoms with Crippen LogP contribution in [-0.4, -0.2) is 44.3 Å². The van der Waals surface area contributed by atoms with Crippen molar-refractivity contribution < 1.29 is 18.0 Å². The number of hydrogen-bond donors (Lipinski definition) is 1. The van der Waals surface area contributed by atoms with Crippen molar-refractivity contribution in [1.82, 2.24) is 10.2 Å². The molecule has 0 aliphatic rings. The van der Waals surface area contributed by atoms with Crippen molar-refractivity contribution >= 4 is 39.1 Å². The lowest BCUT2D eigenvalue weighted by Crippen LogP contribution is -2.53. The Morgan fingerprint density at radius 1 is 0.800 bits per heavy atom. The fraction of sp³-hybridized carbons (Fsp3) is 0.278. The van der Waals surface area contributed by atoms with E-state index in [1.165, 1.54) is 4.90 Å². The molecule has 0 aromatic heterocycles. The Hall–Kier alpha value is -4.14. The summed E-state index contributed by atoms with van der Waals surface area (Å²) in [7, 11) is -4.16. The average molecular weight is 646 g/mol. The van der Waals surface area contributed by atoms with Crippen LogP contribution in [0.1, 0.15) is 41.2 Å². The van der Waals surface area contributed by atoms with Gasteiger partial charge >= 0.3 is 0 Å². The van der Waals surface area contributed by atoms with E-state index in [1.807, 2.05) is 64.1 Å². The Morgan fingerprint density at radius 2 is 1.42 bits per heavy atom. The summed E-state index contributed by atoms with van der Waals surface area (Å²) >= 11 is 6.15. The second-order valence-electron chi connectivity index (χ2n) is 11.3. The maximum absolute atomic E-state index is 14.5. The van der Waals surface area contributed by atoms with Gasteiger partial charge < -0.3 is 10.2 Å². The highest BCUT2D eigenvalue weighted by atomic mass is 35.5. The van der Waals surface area contributed by atoms with Gasteiger partial charge in [0.15, 0.2) is 0 Å².